The van der Waals surface area contributed by atoms with Crippen LogP contribution in [0.5, 0.6) is 0 Å². The van der Waals surface area contributed by atoms with Crippen LogP contribution in [0.3, 0.4) is 0 Å². The van der Waals surface area contributed by atoms with Crippen molar-refractivity contribution in [3.63, 3.8) is 0 Å². The van der Waals surface area contributed by atoms with Crippen molar-refractivity contribution in [1.29, 1.82) is 0 Å². The highest BCUT2D eigenvalue weighted by molar-refractivity contribution is 9.09. The zero-order chi connectivity index (χ0) is 11.4. The summed E-state index contributed by atoms with van der Waals surface area (Å²) in [4.78, 5) is 13.1. The Morgan fingerprint density at radius 2 is 2.27 bits per heavy atom. The highest BCUT2D eigenvalue weighted by atomic mass is 79.9. The Balaban J connectivity index is 2.53. The van der Waals surface area contributed by atoms with Crippen LogP contribution in [0, 0.1) is 6.92 Å². The lowest BCUT2D eigenvalue weighted by atomic mass is 10.2. The van der Waals surface area contributed by atoms with Crippen LogP contribution >= 0.6 is 27.3 Å². The number of amides is 1. The van der Waals surface area contributed by atoms with Crippen LogP contribution in [0.15, 0.2) is 11.4 Å². The Labute approximate surface area is 103 Å². The SMILES string of the molecule is Cc1ccsc1C(=O)NC(C)CC(C)Br. The van der Waals surface area contributed by atoms with Crippen molar-refractivity contribution in [2.45, 2.75) is 38.1 Å². The van der Waals surface area contributed by atoms with E-state index in [4.69, 9.17) is 0 Å². The minimum absolute atomic E-state index is 0.0446. The summed E-state index contributed by atoms with van der Waals surface area (Å²) in [5.74, 6) is 0.0446. The van der Waals surface area contributed by atoms with Crippen LogP contribution in [0.1, 0.15) is 35.5 Å². The van der Waals surface area contributed by atoms with Crippen LogP contribution in [0.4, 0.5) is 0 Å². The van der Waals surface area contributed by atoms with Gasteiger partial charge in [-0.2, -0.15) is 0 Å². The normalized spacial score (nSPS) is 14.7. The first kappa shape index (κ1) is 12.7. The van der Waals surface area contributed by atoms with Crippen molar-refractivity contribution in [1.82, 2.24) is 5.32 Å². The lowest BCUT2D eigenvalue weighted by Gasteiger charge is -2.14. The molecule has 15 heavy (non-hydrogen) atoms. The Morgan fingerprint density at radius 1 is 1.60 bits per heavy atom. The van der Waals surface area contributed by atoms with E-state index in [-0.39, 0.29) is 11.9 Å². The molecule has 84 valence electrons. The number of aryl methyl sites for hydroxylation is 1. The first-order chi connectivity index (χ1) is 7.00. The Hall–Kier alpha value is -0.350. The fraction of sp³-hybridized carbons (Fsp3) is 0.545. The minimum Gasteiger partial charge on any atom is -0.349 e. The molecular formula is C11H16BrNOS. The van der Waals surface area contributed by atoms with E-state index in [0.29, 0.717) is 4.83 Å². The molecule has 0 bridgehead atoms. The molecule has 2 nitrogen and oxygen atoms in total. The second kappa shape index (κ2) is 5.66. The predicted molar refractivity (Wildman–Crippen MR) is 69.0 cm³/mol. The summed E-state index contributed by atoms with van der Waals surface area (Å²) >= 11 is 4.97. The van der Waals surface area contributed by atoms with Crippen LogP contribution < -0.4 is 5.32 Å². The second-order valence-electron chi connectivity index (χ2n) is 3.82. The van der Waals surface area contributed by atoms with Crippen LogP contribution in [-0.4, -0.2) is 16.8 Å². The third kappa shape index (κ3) is 3.95. The van der Waals surface area contributed by atoms with Crippen molar-refractivity contribution in [3.05, 3.63) is 21.9 Å². The van der Waals surface area contributed by atoms with E-state index in [0.717, 1.165) is 16.9 Å². The molecule has 0 fully saturated rings. The zero-order valence-electron chi connectivity index (χ0n) is 9.21. The van der Waals surface area contributed by atoms with Gasteiger partial charge in [-0.1, -0.05) is 22.9 Å². The van der Waals surface area contributed by atoms with Gasteiger partial charge in [-0.25, -0.2) is 0 Å². The molecule has 1 amide bonds. The standard InChI is InChI=1S/C11H16BrNOS/c1-7-4-5-15-10(7)11(14)13-9(3)6-8(2)12/h4-5,8-9H,6H2,1-3H3,(H,13,14). The molecule has 0 aliphatic rings. The van der Waals surface area contributed by atoms with E-state index < -0.39 is 0 Å². The van der Waals surface area contributed by atoms with Gasteiger partial charge in [0, 0.05) is 10.9 Å². The van der Waals surface area contributed by atoms with Crippen molar-refractivity contribution >= 4 is 33.2 Å². The van der Waals surface area contributed by atoms with Crippen LogP contribution in [0.25, 0.3) is 0 Å². The van der Waals surface area contributed by atoms with E-state index in [1.807, 2.05) is 25.3 Å². The van der Waals surface area contributed by atoms with E-state index in [9.17, 15) is 4.79 Å². The quantitative estimate of drug-likeness (QED) is 0.847. The number of carbonyl (C=O) groups is 1. The molecule has 1 heterocycles. The van der Waals surface area contributed by atoms with Gasteiger partial charge in [0.15, 0.2) is 0 Å². The molecule has 0 spiro atoms. The fourth-order valence-corrected chi connectivity index (χ4v) is 2.83. The topological polar surface area (TPSA) is 29.1 Å². The molecule has 1 aromatic heterocycles. The largest absolute Gasteiger partial charge is 0.349 e. The molecule has 1 aromatic rings. The summed E-state index contributed by atoms with van der Waals surface area (Å²) in [7, 11) is 0. The van der Waals surface area contributed by atoms with Gasteiger partial charge in [0.05, 0.1) is 4.88 Å². The number of hydrogen-bond donors (Lipinski definition) is 1. The number of thiophene rings is 1. The first-order valence-electron chi connectivity index (χ1n) is 4.99. The molecule has 0 radical (unpaired) electrons. The molecule has 2 atom stereocenters. The maximum atomic E-state index is 11.8. The van der Waals surface area contributed by atoms with Crippen molar-refractivity contribution in [3.8, 4) is 0 Å². The Bertz CT molecular complexity index is 335. The summed E-state index contributed by atoms with van der Waals surface area (Å²) in [5, 5.41) is 4.94. The maximum absolute atomic E-state index is 11.8. The average Bonchev–Trinajstić information content (AvgIpc) is 2.49. The van der Waals surface area contributed by atoms with Gasteiger partial charge in [0.2, 0.25) is 0 Å². The smallest absolute Gasteiger partial charge is 0.261 e. The van der Waals surface area contributed by atoms with Crippen LogP contribution in [0.2, 0.25) is 0 Å². The number of halogens is 1. The number of alkyl halides is 1. The van der Waals surface area contributed by atoms with Gasteiger partial charge in [0.25, 0.3) is 5.91 Å². The maximum Gasteiger partial charge on any atom is 0.261 e. The van der Waals surface area contributed by atoms with Gasteiger partial charge in [-0.3, -0.25) is 4.79 Å². The lowest BCUT2D eigenvalue weighted by Crippen LogP contribution is -2.33. The first-order valence-corrected chi connectivity index (χ1v) is 6.79. The van der Waals surface area contributed by atoms with Gasteiger partial charge in [-0.15, -0.1) is 11.3 Å². The zero-order valence-corrected chi connectivity index (χ0v) is 11.6. The molecule has 0 aliphatic carbocycles. The summed E-state index contributed by atoms with van der Waals surface area (Å²) < 4.78 is 0. The predicted octanol–water partition coefficient (Wildman–Crippen LogP) is 3.35. The number of carbonyl (C=O) groups excluding carboxylic acids is 1. The number of rotatable bonds is 4. The van der Waals surface area contributed by atoms with Gasteiger partial charge < -0.3 is 5.32 Å². The van der Waals surface area contributed by atoms with Crippen molar-refractivity contribution in [2.24, 2.45) is 0 Å². The third-order valence-electron chi connectivity index (χ3n) is 2.12. The number of hydrogen-bond acceptors (Lipinski definition) is 2. The Morgan fingerprint density at radius 3 is 2.73 bits per heavy atom. The summed E-state index contributed by atoms with van der Waals surface area (Å²) in [6.45, 7) is 6.07. The number of nitrogens with one attached hydrogen (secondary N) is 1. The van der Waals surface area contributed by atoms with Crippen LogP contribution in [-0.2, 0) is 0 Å². The molecule has 1 N–H and O–H groups in total. The average molecular weight is 290 g/mol. The third-order valence-corrected chi connectivity index (χ3v) is 3.51. The Kier molecular flexibility index (Phi) is 4.80. The second-order valence-corrected chi connectivity index (χ2v) is 6.30. The lowest BCUT2D eigenvalue weighted by molar-refractivity contribution is 0.0942. The van der Waals surface area contributed by atoms with Gasteiger partial charge >= 0.3 is 0 Å². The highest BCUT2D eigenvalue weighted by Gasteiger charge is 2.14. The molecule has 4 heteroatoms. The van der Waals surface area contributed by atoms with Gasteiger partial charge in [0.1, 0.15) is 0 Å². The van der Waals surface area contributed by atoms with E-state index in [1.54, 1.807) is 0 Å². The fourth-order valence-electron chi connectivity index (χ4n) is 1.44. The molecule has 1 rings (SSSR count). The van der Waals surface area contributed by atoms with Crippen molar-refractivity contribution < 1.29 is 4.79 Å². The van der Waals surface area contributed by atoms with Crippen molar-refractivity contribution in [2.75, 3.05) is 0 Å². The van der Waals surface area contributed by atoms with E-state index >= 15 is 0 Å². The van der Waals surface area contributed by atoms with E-state index in [2.05, 4.69) is 28.2 Å². The van der Waals surface area contributed by atoms with E-state index in [1.165, 1.54) is 11.3 Å². The minimum atomic E-state index is 0.0446. The molecule has 0 aliphatic heterocycles. The van der Waals surface area contributed by atoms with Gasteiger partial charge in [-0.05, 0) is 37.3 Å². The molecular weight excluding hydrogens is 274 g/mol. The summed E-state index contributed by atoms with van der Waals surface area (Å²) in [6, 6.07) is 2.17. The monoisotopic (exact) mass is 289 g/mol. The molecule has 2 unspecified atom stereocenters. The summed E-state index contributed by atoms with van der Waals surface area (Å²) in [5.41, 5.74) is 1.05. The molecule has 0 aromatic carbocycles. The summed E-state index contributed by atoms with van der Waals surface area (Å²) in [6.07, 6.45) is 0.941. The molecule has 0 saturated carbocycles. The highest BCUT2D eigenvalue weighted by Crippen LogP contribution is 2.16. The molecule has 0 saturated heterocycles.